The predicted molar refractivity (Wildman–Crippen MR) is 164 cm³/mol. The fourth-order valence-corrected chi connectivity index (χ4v) is 8.81. The molecule has 3 aliphatic rings. The lowest BCUT2D eigenvalue weighted by molar-refractivity contribution is -0.160. The summed E-state index contributed by atoms with van der Waals surface area (Å²) in [5, 5.41) is 10.8. The Morgan fingerprint density at radius 1 is 1.02 bits per heavy atom. The van der Waals surface area contributed by atoms with Gasteiger partial charge < -0.3 is 14.9 Å². The van der Waals surface area contributed by atoms with Crippen LogP contribution in [0.25, 0.3) is 0 Å². The number of carbonyl (C=O) groups is 2. The quantitative estimate of drug-likeness (QED) is 0.374. The number of likely N-dealkylation sites (tertiary alicyclic amines) is 1. The molecule has 5 rings (SSSR count). The molecule has 0 spiro atoms. The molecule has 2 aromatic carbocycles. The van der Waals surface area contributed by atoms with Gasteiger partial charge in [0.2, 0.25) is 15.9 Å². The van der Waals surface area contributed by atoms with E-state index in [-0.39, 0.29) is 35.6 Å². The number of nitrogens with zero attached hydrogens (tertiary/aromatic N) is 3. The fraction of sp³-hybridized carbons (Fsp3) is 0.548. The van der Waals surface area contributed by atoms with Crippen LogP contribution in [0.1, 0.15) is 69.0 Å². The molecule has 2 aromatic rings. The maximum Gasteiger partial charge on any atom is 0.304 e. The van der Waals surface area contributed by atoms with Gasteiger partial charge in [0.15, 0.2) is 0 Å². The SMILES string of the molecule is C[C@@H](CCN1CCN(S(=O)(=O)C2CC2)CC1)N1C(=O)[C@@](C)(CC(=O)O)C[C@H](c2cccc(Cl)c2)[C@H]1c1ccc(Cl)cc1. The molecular weight excluding hydrogens is 597 g/mol. The fourth-order valence-electron chi connectivity index (χ4n) is 6.66. The van der Waals surface area contributed by atoms with E-state index in [1.165, 1.54) is 0 Å². The van der Waals surface area contributed by atoms with Crippen LogP contribution in [0, 0.1) is 5.41 Å². The number of hydrogen-bond acceptors (Lipinski definition) is 5. The van der Waals surface area contributed by atoms with Crippen molar-refractivity contribution in [2.24, 2.45) is 5.41 Å². The summed E-state index contributed by atoms with van der Waals surface area (Å²) in [6.07, 6.45) is 2.28. The van der Waals surface area contributed by atoms with Crippen LogP contribution in [0.5, 0.6) is 0 Å². The first kappa shape index (κ1) is 31.3. The Labute approximate surface area is 258 Å². The summed E-state index contributed by atoms with van der Waals surface area (Å²) in [4.78, 5) is 30.5. The number of carboxylic acid groups (broad SMARTS) is 1. The molecule has 4 atom stereocenters. The van der Waals surface area contributed by atoms with Gasteiger partial charge in [0.1, 0.15) is 0 Å². The molecule has 1 amide bonds. The highest BCUT2D eigenvalue weighted by molar-refractivity contribution is 7.90. The van der Waals surface area contributed by atoms with Gasteiger partial charge >= 0.3 is 5.97 Å². The van der Waals surface area contributed by atoms with Crippen LogP contribution in [-0.4, -0.2) is 83.5 Å². The minimum atomic E-state index is -3.18. The van der Waals surface area contributed by atoms with Gasteiger partial charge in [0.25, 0.3) is 0 Å². The van der Waals surface area contributed by atoms with Crippen molar-refractivity contribution in [1.29, 1.82) is 0 Å². The van der Waals surface area contributed by atoms with Crippen molar-refractivity contribution in [1.82, 2.24) is 14.1 Å². The van der Waals surface area contributed by atoms with Crippen molar-refractivity contribution in [3.05, 3.63) is 69.7 Å². The summed E-state index contributed by atoms with van der Waals surface area (Å²) in [5.74, 6) is -1.37. The molecule has 2 heterocycles. The topological polar surface area (TPSA) is 98.2 Å². The highest BCUT2D eigenvalue weighted by atomic mass is 35.5. The lowest BCUT2D eigenvalue weighted by atomic mass is 9.67. The molecule has 8 nitrogen and oxygen atoms in total. The highest BCUT2D eigenvalue weighted by Crippen LogP contribution is 2.52. The third-order valence-electron chi connectivity index (χ3n) is 9.11. The Morgan fingerprint density at radius 2 is 1.69 bits per heavy atom. The number of rotatable bonds is 10. The molecule has 0 unspecified atom stereocenters. The summed E-state index contributed by atoms with van der Waals surface area (Å²) in [5.41, 5.74) is 0.788. The van der Waals surface area contributed by atoms with E-state index in [9.17, 15) is 23.1 Å². The maximum absolute atomic E-state index is 14.3. The van der Waals surface area contributed by atoms with Crippen LogP contribution in [0.4, 0.5) is 0 Å². The minimum Gasteiger partial charge on any atom is -0.481 e. The van der Waals surface area contributed by atoms with Crippen LogP contribution < -0.4 is 0 Å². The molecule has 1 saturated carbocycles. The van der Waals surface area contributed by atoms with Crippen LogP contribution >= 0.6 is 23.2 Å². The summed E-state index contributed by atoms with van der Waals surface area (Å²) >= 11 is 12.7. The Morgan fingerprint density at radius 3 is 2.29 bits per heavy atom. The van der Waals surface area contributed by atoms with Crippen molar-refractivity contribution in [3.8, 4) is 0 Å². The van der Waals surface area contributed by atoms with Crippen LogP contribution in [0.2, 0.25) is 10.0 Å². The van der Waals surface area contributed by atoms with Gasteiger partial charge in [-0.05, 0) is 68.0 Å². The van der Waals surface area contributed by atoms with E-state index in [0.717, 1.165) is 24.0 Å². The van der Waals surface area contributed by atoms with E-state index in [4.69, 9.17) is 23.2 Å². The molecule has 2 saturated heterocycles. The molecule has 0 bridgehead atoms. The smallest absolute Gasteiger partial charge is 0.304 e. The monoisotopic (exact) mass is 635 g/mol. The second-order valence-electron chi connectivity index (χ2n) is 12.3. The van der Waals surface area contributed by atoms with Gasteiger partial charge in [-0.2, -0.15) is 4.31 Å². The second-order valence-corrected chi connectivity index (χ2v) is 15.4. The average molecular weight is 637 g/mol. The van der Waals surface area contributed by atoms with E-state index in [1.54, 1.807) is 11.2 Å². The largest absolute Gasteiger partial charge is 0.481 e. The van der Waals surface area contributed by atoms with E-state index in [0.29, 0.717) is 55.6 Å². The van der Waals surface area contributed by atoms with E-state index in [2.05, 4.69) is 4.90 Å². The van der Waals surface area contributed by atoms with Crippen LogP contribution in [-0.2, 0) is 19.6 Å². The number of halogens is 2. The Kier molecular flexibility index (Phi) is 9.26. The van der Waals surface area contributed by atoms with Crippen LogP contribution in [0.3, 0.4) is 0 Å². The van der Waals surface area contributed by atoms with Crippen molar-refractivity contribution >= 4 is 45.1 Å². The first-order chi connectivity index (χ1) is 19.9. The molecule has 2 aliphatic heterocycles. The zero-order valence-corrected chi connectivity index (χ0v) is 26.4. The number of piperidine rings is 1. The maximum atomic E-state index is 14.3. The van der Waals surface area contributed by atoms with Gasteiger partial charge in [0.05, 0.1) is 23.1 Å². The Bertz CT molecular complexity index is 1410. The number of sulfonamides is 1. The number of aliphatic carboxylic acids is 1. The molecule has 1 N–H and O–H groups in total. The lowest BCUT2D eigenvalue weighted by Gasteiger charge is -2.51. The molecule has 1 aliphatic carbocycles. The molecule has 0 radical (unpaired) electrons. The minimum absolute atomic E-state index is 0.170. The van der Waals surface area contributed by atoms with Crippen molar-refractivity contribution in [2.45, 2.75) is 69.2 Å². The second kappa shape index (κ2) is 12.4. The van der Waals surface area contributed by atoms with Gasteiger partial charge in [-0.15, -0.1) is 0 Å². The standard InChI is InChI=1S/C31H39Cl2N3O5S/c1-21(12-13-34-14-16-35(17-15-34)42(40,41)26-10-11-26)36-29(22-6-8-24(32)9-7-22)27(23-4-3-5-25(33)18-23)19-31(2,30(36)39)20-28(37)38/h3-9,18,21,26-27,29H,10-17,19-20H2,1-2H3,(H,37,38)/t21-,27+,29+,31+/m0/s1. The third kappa shape index (κ3) is 6.65. The van der Waals surface area contributed by atoms with E-state index < -0.39 is 21.4 Å². The zero-order valence-electron chi connectivity index (χ0n) is 24.1. The molecular formula is C31H39Cl2N3O5S. The van der Waals surface area contributed by atoms with Gasteiger partial charge in [0, 0.05) is 54.7 Å². The summed E-state index contributed by atoms with van der Waals surface area (Å²) in [7, 11) is -3.18. The lowest BCUT2D eigenvalue weighted by Crippen LogP contribution is -2.56. The van der Waals surface area contributed by atoms with Gasteiger partial charge in [-0.1, -0.05) is 54.4 Å². The molecule has 11 heteroatoms. The van der Waals surface area contributed by atoms with Crippen molar-refractivity contribution < 1.29 is 23.1 Å². The normalized spacial score (nSPS) is 26.8. The number of hydrogen-bond donors (Lipinski definition) is 1. The van der Waals surface area contributed by atoms with Crippen molar-refractivity contribution in [3.63, 3.8) is 0 Å². The number of amides is 1. The average Bonchev–Trinajstić information content (AvgIpc) is 3.80. The number of carbonyl (C=O) groups excluding carboxylic acids is 1. The third-order valence-corrected chi connectivity index (χ3v) is 12.0. The molecule has 42 heavy (non-hydrogen) atoms. The summed E-state index contributed by atoms with van der Waals surface area (Å²) in [6.45, 7) is 6.75. The molecule has 0 aromatic heterocycles. The number of benzene rings is 2. The highest BCUT2D eigenvalue weighted by Gasteiger charge is 2.52. The number of piperazine rings is 1. The van der Waals surface area contributed by atoms with E-state index in [1.807, 2.05) is 60.4 Å². The van der Waals surface area contributed by atoms with Gasteiger partial charge in [-0.3, -0.25) is 9.59 Å². The molecule has 228 valence electrons. The summed E-state index contributed by atoms with van der Waals surface area (Å²) in [6, 6.07) is 14.6. The van der Waals surface area contributed by atoms with Crippen molar-refractivity contribution in [2.75, 3.05) is 32.7 Å². The van der Waals surface area contributed by atoms with Crippen LogP contribution in [0.15, 0.2) is 48.5 Å². The summed E-state index contributed by atoms with van der Waals surface area (Å²) < 4.78 is 27.0. The predicted octanol–water partition coefficient (Wildman–Crippen LogP) is 5.42. The zero-order chi connectivity index (χ0) is 30.2. The first-order valence-corrected chi connectivity index (χ1v) is 16.9. The number of carboxylic acids is 1. The Balaban J connectivity index is 1.41. The molecule has 3 fully saturated rings. The first-order valence-electron chi connectivity index (χ1n) is 14.7. The van der Waals surface area contributed by atoms with Gasteiger partial charge in [-0.25, -0.2) is 8.42 Å². The Hall–Kier alpha value is -2.17. The van der Waals surface area contributed by atoms with E-state index >= 15 is 0 Å².